The van der Waals surface area contributed by atoms with Gasteiger partial charge in [0.2, 0.25) is 11.8 Å². The number of carbonyl (C=O) groups excluding carboxylic acids is 3. The average molecular weight is 432 g/mol. The van der Waals surface area contributed by atoms with Gasteiger partial charge < -0.3 is 20.1 Å². The molecule has 1 atom stereocenters. The molecule has 2 aliphatic heterocycles. The molecule has 0 aromatic heterocycles. The maximum atomic E-state index is 12.1. The number of esters is 1. The van der Waals surface area contributed by atoms with E-state index < -0.39 is 11.2 Å². The van der Waals surface area contributed by atoms with E-state index in [0.717, 1.165) is 11.4 Å². The van der Waals surface area contributed by atoms with Crippen LogP contribution in [0.2, 0.25) is 0 Å². The van der Waals surface area contributed by atoms with Gasteiger partial charge in [-0.1, -0.05) is 6.07 Å². The van der Waals surface area contributed by atoms with Gasteiger partial charge in [0, 0.05) is 37.4 Å². The van der Waals surface area contributed by atoms with Crippen LogP contribution in [0.4, 0.5) is 11.4 Å². The van der Waals surface area contributed by atoms with Crippen LogP contribution in [0.1, 0.15) is 52.9 Å². The van der Waals surface area contributed by atoms with Crippen LogP contribution in [-0.2, 0) is 19.1 Å². The van der Waals surface area contributed by atoms with E-state index in [1.807, 2.05) is 45.0 Å². The van der Waals surface area contributed by atoms with Crippen LogP contribution in [0.3, 0.4) is 0 Å². The normalized spacial score (nSPS) is 21.4. The zero-order valence-corrected chi connectivity index (χ0v) is 18.6. The van der Waals surface area contributed by atoms with Gasteiger partial charge >= 0.3 is 5.97 Å². The van der Waals surface area contributed by atoms with Gasteiger partial charge in [0.15, 0.2) is 0 Å². The summed E-state index contributed by atoms with van der Waals surface area (Å²) in [5.41, 5.74) is 0.319. The van der Waals surface area contributed by atoms with Crippen LogP contribution < -0.4 is 15.5 Å². The third kappa shape index (κ3) is 6.69. The first kappa shape index (κ1) is 23.1. The average Bonchev–Trinajstić information content (AvgIpc) is 2.66. The van der Waals surface area contributed by atoms with Gasteiger partial charge in [-0.25, -0.2) is 0 Å². The van der Waals surface area contributed by atoms with Crippen LogP contribution in [0.25, 0.3) is 0 Å². The fraction of sp³-hybridized carbons (Fsp3) is 0.609. The monoisotopic (exact) mass is 431 g/mol. The molecule has 3 rings (SSSR count). The van der Waals surface area contributed by atoms with E-state index in [1.165, 1.54) is 0 Å². The summed E-state index contributed by atoms with van der Waals surface area (Å²) in [6, 6.07) is 7.92. The summed E-state index contributed by atoms with van der Waals surface area (Å²) in [5.74, 6) is -1.03. The second-order valence-electron chi connectivity index (χ2n) is 9.55. The molecule has 170 valence electrons. The smallest absolute Gasteiger partial charge is 0.309 e. The Morgan fingerprint density at radius 3 is 2.65 bits per heavy atom. The summed E-state index contributed by atoms with van der Waals surface area (Å²) in [6.45, 7) is 7.19. The Labute approximate surface area is 183 Å². The van der Waals surface area contributed by atoms with Crippen LogP contribution in [-0.4, -0.2) is 53.7 Å². The molecular formula is C23H33N3O5. The van der Waals surface area contributed by atoms with E-state index in [0.29, 0.717) is 45.3 Å². The number of hydrogen-bond acceptors (Lipinski definition) is 7. The molecule has 8 heteroatoms. The number of amides is 2. The number of ether oxygens (including phenoxy) is 1. The lowest BCUT2D eigenvalue weighted by Crippen LogP contribution is -2.46. The number of carbonyl (C=O) groups is 3. The summed E-state index contributed by atoms with van der Waals surface area (Å²) in [5, 5.41) is 16.5. The largest absolute Gasteiger partial charge is 0.460 e. The minimum atomic E-state index is -1.04. The lowest BCUT2D eigenvalue weighted by Gasteiger charge is -2.39. The number of imide groups is 1. The first-order valence-electron chi connectivity index (χ1n) is 10.9. The van der Waals surface area contributed by atoms with E-state index in [9.17, 15) is 19.5 Å². The predicted octanol–water partition coefficient (Wildman–Crippen LogP) is 2.21. The lowest BCUT2D eigenvalue weighted by atomic mass is 9.88. The van der Waals surface area contributed by atoms with Crippen LogP contribution in [0.5, 0.6) is 0 Å². The Morgan fingerprint density at radius 1 is 1.29 bits per heavy atom. The van der Waals surface area contributed by atoms with Crippen molar-refractivity contribution in [2.24, 2.45) is 5.92 Å². The van der Waals surface area contributed by atoms with Crippen molar-refractivity contribution < 1.29 is 24.2 Å². The van der Waals surface area contributed by atoms with Crippen molar-refractivity contribution in [2.75, 3.05) is 29.9 Å². The molecule has 1 unspecified atom stereocenters. The quantitative estimate of drug-likeness (QED) is 0.468. The fourth-order valence-corrected chi connectivity index (χ4v) is 3.99. The van der Waals surface area contributed by atoms with E-state index in [4.69, 9.17) is 4.74 Å². The van der Waals surface area contributed by atoms with Gasteiger partial charge in [-0.15, -0.1) is 0 Å². The first-order valence-corrected chi connectivity index (χ1v) is 10.9. The minimum Gasteiger partial charge on any atom is -0.460 e. The molecule has 2 heterocycles. The fourth-order valence-electron chi connectivity index (χ4n) is 3.99. The zero-order valence-electron chi connectivity index (χ0n) is 18.6. The SMILES string of the molecule is CC(C)(C)OC(=O)CC1(O)CCN(c2cccc(NCC3CCC(=O)NC3=O)c2)CC1. The third-order valence-electron chi connectivity index (χ3n) is 5.70. The molecule has 2 amide bonds. The minimum absolute atomic E-state index is 0.00562. The standard InChI is InChI=1S/C23H33N3O5/c1-22(2,3)31-20(28)14-23(30)9-11-26(12-10-23)18-6-4-5-17(13-18)24-15-16-7-8-19(27)25-21(16)29/h4-6,13,16,24,30H,7-12,14-15H2,1-3H3,(H,25,27,29). The first-order chi connectivity index (χ1) is 14.5. The van der Waals surface area contributed by atoms with E-state index in [-0.39, 0.29) is 30.1 Å². The number of anilines is 2. The zero-order chi connectivity index (χ0) is 22.6. The Kier molecular flexibility index (Phi) is 6.89. The highest BCUT2D eigenvalue weighted by Crippen LogP contribution is 2.31. The topological polar surface area (TPSA) is 108 Å². The molecule has 3 N–H and O–H groups in total. The van der Waals surface area contributed by atoms with Crippen molar-refractivity contribution in [2.45, 2.75) is 64.1 Å². The van der Waals surface area contributed by atoms with Gasteiger partial charge in [0.1, 0.15) is 5.60 Å². The Morgan fingerprint density at radius 2 is 2.00 bits per heavy atom. The summed E-state index contributed by atoms with van der Waals surface area (Å²) in [4.78, 5) is 37.5. The van der Waals surface area contributed by atoms with Crippen molar-refractivity contribution in [3.05, 3.63) is 24.3 Å². The molecule has 0 aliphatic carbocycles. The molecule has 2 aliphatic rings. The predicted molar refractivity (Wildman–Crippen MR) is 118 cm³/mol. The summed E-state index contributed by atoms with van der Waals surface area (Å²) < 4.78 is 5.36. The summed E-state index contributed by atoms with van der Waals surface area (Å²) in [6.07, 6.45) is 1.91. The molecule has 2 fully saturated rings. The number of benzene rings is 1. The Bertz CT molecular complexity index is 825. The van der Waals surface area contributed by atoms with Crippen LogP contribution in [0, 0.1) is 5.92 Å². The van der Waals surface area contributed by atoms with Crippen molar-refractivity contribution in [1.29, 1.82) is 0 Å². The molecule has 0 radical (unpaired) electrons. The molecule has 0 bridgehead atoms. The maximum Gasteiger partial charge on any atom is 0.309 e. The highest BCUT2D eigenvalue weighted by atomic mass is 16.6. The van der Waals surface area contributed by atoms with Gasteiger partial charge in [-0.05, 0) is 58.2 Å². The summed E-state index contributed by atoms with van der Waals surface area (Å²) >= 11 is 0. The molecular weight excluding hydrogens is 398 g/mol. The maximum absolute atomic E-state index is 12.1. The molecule has 8 nitrogen and oxygen atoms in total. The molecule has 0 saturated carbocycles. The summed E-state index contributed by atoms with van der Waals surface area (Å²) in [7, 11) is 0. The highest BCUT2D eigenvalue weighted by molar-refractivity contribution is 5.98. The molecule has 0 spiro atoms. The van der Waals surface area contributed by atoms with Gasteiger partial charge in [-0.3, -0.25) is 19.7 Å². The van der Waals surface area contributed by atoms with Gasteiger partial charge in [0.25, 0.3) is 0 Å². The van der Waals surface area contributed by atoms with E-state index in [1.54, 1.807) is 0 Å². The molecule has 1 aromatic rings. The van der Waals surface area contributed by atoms with Crippen molar-refractivity contribution in [3.8, 4) is 0 Å². The number of rotatable bonds is 6. The number of hydrogen-bond donors (Lipinski definition) is 3. The van der Waals surface area contributed by atoms with Crippen molar-refractivity contribution in [1.82, 2.24) is 5.32 Å². The third-order valence-corrected chi connectivity index (χ3v) is 5.70. The van der Waals surface area contributed by atoms with Gasteiger partial charge in [0.05, 0.1) is 17.9 Å². The number of nitrogens with zero attached hydrogens (tertiary/aromatic N) is 1. The molecule has 31 heavy (non-hydrogen) atoms. The van der Waals surface area contributed by atoms with Crippen molar-refractivity contribution >= 4 is 29.2 Å². The molecule has 2 saturated heterocycles. The van der Waals surface area contributed by atoms with Crippen molar-refractivity contribution in [3.63, 3.8) is 0 Å². The Hall–Kier alpha value is -2.61. The Balaban J connectivity index is 1.52. The molecule has 1 aromatic carbocycles. The van der Waals surface area contributed by atoms with E-state index >= 15 is 0 Å². The number of nitrogens with one attached hydrogen (secondary N) is 2. The van der Waals surface area contributed by atoms with E-state index in [2.05, 4.69) is 15.5 Å². The highest BCUT2D eigenvalue weighted by Gasteiger charge is 2.36. The second-order valence-corrected chi connectivity index (χ2v) is 9.55. The lowest BCUT2D eigenvalue weighted by molar-refractivity contribution is -0.161. The number of piperidine rings is 2. The van der Waals surface area contributed by atoms with Crippen LogP contribution in [0.15, 0.2) is 24.3 Å². The van der Waals surface area contributed by atoms with Gasteiger partial charge in [-0.2, -0.15) is 0 Å². The second kappa shape index (κ2) is 9.26. The number of aliphatic hydroxyl groups is 1. The van der Waals surface area contributed by atoms with Crippen LogP contribution >= 0.6 is 0 Å².